The molecular weight excluding hydrogens is 266 g/mol. The van der Waals surface area contributed by atoms with Crippen LogP contribution in [0.4, 0.5) is 0 Å². The Morgan fingerprint density at radius 3 is 2.68 bits per heavy atom. The average molecular weight is 285 g/mol. The van der Waals surface area contributed by atoms with Gasteiger partial charge in [0, 0.05) is 5.75 Å². The Hall–Kier alpha value is -1.40. The first kappa shape index (κ1) is 15.7. The smallest absolute Gasteiger partial charge is 0.320 e. The minimum absolute atomic E-state index is 0.467. The molecule has 0 bridgehead atoms. The second kappa shape index (κ2) is 8.66. The summed E-state index contributed by atoms with van der Waals surface area (Å²) in [5, 5.41) is 8.62. The number of methoxy groups -OCH3 is 1. The summed E-state index contributed by atoms with van der Waals surface area (Å²) in [6, 6.07) is 6.69. The molecule has 1 atom stereocenters. The Bertz CT molecular complexity index is 400. The van der Waals surface area contributed by atoms with Crippen molar-refractivity contribution in [2.45, 2.75) is 12.5 Å². The van der Waals surface area contributed by atoms with Crippen LogP contribution in [0, 0.1) is 0 Å². The van der Waals surface area contributed by atoms with E-state index in [2.05, 4.69) is 0 Å². The molecule has 0 saturated carbocycles. The molecule has 0 aliphatic rings. The molecule has 6 heteroatoms. The summed E-state index contributed by atoms with van der Waals surface area (Å²) in [4.78, 5) is 10.5. The van der Waals surface area contributed by atoms with E-state index in [0.717, 1.165) is 5.75 Å². The highest BCUT2D eigenvalue weighted by atomic mass is 32.2. The van der Waals surface area contributed by atoms with E-state index in [1.54, 1.807) is 18.9 Å². The van der Waals surface area contributed by atoms with Crippen LogP contribution in [-0.4, -0.2) is 42.3 Å². The molecule has 5 nitrogen and oxygen atoms in total. The van der Waals surface area contributed by atoms with Crippen LogP contribution in [0.3, 0.4) is 0 Å². The van der Waals surface area contributed by atoms with E-state index in [9.17, 15) is 4.79 Å². The SMILES string of the molecule is COc1ccccc1OCCSCCC(N)C(=O)O. The van der Waals surface area contributed by atoms with Crippen LogP contribution in [0.2, 0.25) is 0 Å². The summed E-state index contributed by atoms with van der Waals surface area (Å²) in [6.45, 7) is 0.549. The molecule has 0 aromatic heterocycles. The second-order valence-electron chi connectivity index (χ2n) is 3.85. The van der Waals surface area contributed by atoms with Crippen molar-refractivity contribution >= 4 is 17.7 Å². The van der Waals surface area contributed by atoms with E-state index >= 15 is 0 Å². The Kier molecular flexibility index (Phi) is 7.14. The minimum Gasteiger partial charge on any atom is -0.493 e. The van der Waals surface area contributed by atoms with E-state index in [0.29, 0.717) is 30.3 Å². The van der Waals surface area contributed by atoms with E-state index < -0.39 is 12.0 Å². The maximum atomic E-state index is 10.5. The Labute approximate surface area is 117 Å². The number of nitrogens with two attached hydrogens (primary N) is 1. The highest BCUT2D eigenvalue weighted by Gasteiger charge is 2.10. The van der Waals surface area contributed by atoms with Gasteiger partial charge in [-0.2, -0.15) is 11.8 Å². The van der Waals surface area contributed by atoms with Gasteiger partial charge in [0.1, 0.15) is 6.04 Å². The van der Waals surface area contributed by atoms with E-state index in [4.69, 9.17) is 20.3 Å². The summed E-state index contributed by atoms with van der Waals surface area (Å²) in [6.07, 6.45) is 0.467. The molecule has 1 unspecified atom stereocenters. The molecule has 0 radical (unpaired) electrons. The van der Waals surface area contributed by atoms with Gasteiger partial charge in [-0.25, -0.2) is 0 Å². The number of carbonyl (C=O) groups is 1. The van der Waals surface area contributed by atoms with Crippen LogP contribution in [0.15, 0.2) is 24.3 Å². The third-order valence-corrected chi connectivity index (χ3v) is 3.42. The van der Waals surface area contributed by atoms with Crippen molar-refractivity contribution in [3.8, 4) is 11.5 Å². The highest BCUT2D eigenvalue weighted by Crippen LogP contribution is 2.25. The quantitative estimate of drug-likeness (QED) is 0.671. The number of ether oxygens (including phenoxy) is 2. The van der Waals surface area contributed by atoms with Crippen molar-refractivity contribution in [1.82, 2.24) is 0 Å². The van der Waals surface area contributed by atoms with Crippen LogP contribution >= 0.6 is 11.8 Å². The zero-order valence-electron chi connectivity index (χ0n) is 10.9. The topological polar surface area (TPSA) is 81.8 Å². The molecule has 19 heavy (non-hydrogen) atoms. The first-order chi connectivity index (χ1) is 9.15. The summed E-state index contributed by atoms with van der Waals surface area (Å²) < 4.78 is 10.8. The van der Waals surface area contributed by atoms with Crippen LogP contribution in [0.5, 0.6) is 11.5 Å². The molecular formula is C13H19NO4S. The fourth-order valence-electron chi connectivity index (χ4n) is 1.38. The van der Waals surface area contributed by atoms with Gasteiger partial charge in [-0.3, -0.25) is 4.79 Å². The molecule has 1 rings (SSSR count). The lowest BCUT2D eigenvalue weighted by molar-refractivity contribution is -0.138. The van der Waals surface area contributed by atoms with Gasteiger partial charge in [0.2, 0.25) is 0 Å². The van der Waals surface area contributed by atoms with Gasteiger partial charge < -0.3 is 20.3 Å². The van der Waals surface area contributed by atoms with Gasteiger partial charge in [0.25, 0.3) is 0 Å². The molecule has 0 amide bonds. The van der Waals surface area contributed by atoms with Gasteiger partial charge in [-0.1, -0.05) is 12.1 Å². The number of carboxylic acid groups (broad SMARTS) is 1. The summed E-state index contributed by atoms with van der Waals surface area (Å²) in [7, 11) is 1.60. The fourth-order valence-corrected chi connectivity index (χ4v) is 2.21. The molecule has 0 heterocycles. The molecule has 0 saturated heterocycles. The van der Waals surface area contributed by atoms with Gasteiger partial charge in [-0.15, -0.1) is 0 Å². The maximum Gasteiger partial charge on any atom is 0.320 e. The number of aliphatic carboxylic acids is 1. The lowest BCUT2D eigenvalue weighted by Crippen LogP contribution is -2.30. The van der Waals surface area contributed by atoms with Gasteiger partial charge in [-0.05, 0) is 24.3 Å². The summed E-state index contributed by atoms with van der Waals surface area (Å²) in [5.41, 5.74) is 5.40. The number of benzene rings is 1. The number of thioether (sulfide) groups is 1. The van der Waals surface area contributed by atoms with Crippen molar-refractivity contribution in [2.75, 3.05) is 25.2 Å². The van der Waals surface area contributed by atoms with Crippen LogP contribution in [-0.2, 0) is 4.79 Å². The third-order valence-electron chi connectivity index (χ3n) is 2.44. The number of carboxylic acids is 1. The Morgan fingerprint density at radius 2 is 2.05 bits per heavy atom. The standard InChI is InChI=1S/C13H19NO4S/c1-17-11-4-2-3-5-12(11)18-7-9-19-8-6-10(14)13(15)16/h2-5,10H,6-9,14H2,1H3,(H,15,16). The van der Waals surface area contributed by atoms with Crippen LogP contribution < -0.4 is 15.2 Å². The van der Waals surface area contributed by atoms with E-state index in [1.165, 1.54) is 0 Å². The summed E-state index contributed by atoms with van der Waals surface area (Å²) >= 11 is 1.62. The minimum atomic E-state index is -0.953. The van der Waals surface area contributed by atoms with Crippen LogP contribution in [0.1, 0.15) is 6.42 Å². The lowest BCUT2D eigenvalue weighted by atomic mass is 10.2. The predicted molar refractivity (Wildman–Crippen MR) is 76.0 cm³/mol. The van der Waals surface area contributed by atoms with Crippen molar-refractivity contribution < 1.29 is 19.4 Å². The lowest BCUT2D eigenvalue weighted by Gasteiger charge is -2.10. The van der Waals surface area contributed by atoms with Crippen LogP contribution in [0.25, 0.3) is 0 Å². The molecule has 0 fully saturated rings. The monoisotopic (exact) mass is 285 g/mol. The maximum absolute atomic E-state index is 10.5. The van der Waals surface area contributed by atoms with Crippen molar-refractivity contribution in [2.24, 2.45) is 5.73 Å². The summed E-state index contributed by atoms with van der Waals surface area (Å²) in [5.74, 6) is 1.96. The third kappa shape index (κ3) is 5.85. The average Bonchev–Trinajstić information content (AvgIpc) is 2.42. The molecule has 0 spiro atoms. The molecule has 0 aliphatic heterocycles. The fraction of sp³-hybridized carbons (Fsp3) is 0.462. The zero-order chi connectivity index (χ0) is 14.1. The van der Waals surface area contributed by atoms with Gasteiger partial charge in [0.05, 0.1) is 13.7 Å². The Balaban J connectivity index is 2.16. The first-order valence-electron chi connectivity index (χ1n) is 5.97. The molecule has 3 N–H and O–H groups in total. The largest absolute Gasteiger partial charge is 0.493 e. The predicted octanol–water partition coefficient (Wildman–Crippen LogP) is 1.61. The van der Waals surface area contributed by atoms with E-state index in [-0.39, 0.29) is 0 Å². The molecule has 1 aromatic rings. The van der Waals surface area contributed by atoms with Gasteiger partial charge >= 0.3 is 5.97 Å². The number of hydrogen-bond donors (Lipinski definition) is 2. The van der Waals surface area contributed by atoms with Gasteiger partial charge in [0.15, 0.2) is 11.5 Å². The number of para-hydroxylation sites is 2. The zero-order valence-corrected chi connectivity index (χ0v) is 11.7. The molecule has 1 aromatic carbocycles. The van der Waals surface area contributed by atoms with Crippen molar-refractivity contribution in [3.63, 3.8) is 0 Å². The highest BCUT2D eigenvalue weighted by molar-refractivity contribution is 7.99. The first-order valence-corrected chi connectivity index (χ1v) is 7.12. The van der Waals surface area contributed by atoms with Crippen molar-refractivity contribution in [1.29, 1.82) is 0 Å². The van der Waals surface area contributed by atoms with E-state index in [1.807, 2.05) is 24.3 Å². The molecule has 106 valence electrons. The van der Waals surface area contributed by atoms with Crippen molar-refractivity contribution in [3.05, 3.63) is 24.3 Å². The normalized spacial score (nSPS) is 11.9. The molecule has 0 aliphatic carbocycles. The Morgan fingerprint density at radius 1 is 1.37 bits per heavy atom. The number of rotatable bonds is 9. The number of hydrogen-bond acceptors (Lipinski definition) is 5. The second-order valence-corrected chi connectivity index (χ2v) is 5.07.